The van der Waals surface area contributed by atoms with Crippen LogP contribution in [-0.2, 0) is 22.6 Å². The minimum Gasteiger partial charge on any atom is -0.489 e. The molecule has 150 valence electrons. The van der Waals surface area contributed by atoms with Crippen LogP contribution in [0, 0.1) is 0 Å². The fourth-order valence-corrected chi connectivity index (χ4v) is 2.53. The zero-order chi connectivity index (χ0) is 20.6. The van der Waals surface area contributed by atoms with Gasteiger partial charge in [-0.25, -0.2) is 4.79 Å². The maximum atomic E-state index is 12.1. The molecule has 0 aromatic heterocycles. The molecule has 0 fully saturated rings. The summed E-state index contributed by atoms with van der Waals surface area (Å²) in [7, 11) is 1.53. The van der Waals surface area contributed by atoms with Gasteiger partial charge in [0.2, 0.25) is 5.91 Å². The third-order valence-electron chi connectivity index (χ3n) is 3.87. The highest BCUT2D eigenvalue weighted by molar-refractivity contribution is 5.85. The average molecular weight is 384 g/mol. The molecule has 2 N–H and O–H groups in total. The molecule has 0 aliphatic heterocycles. The molecule has 0 bridgehead atoms. The van der Waals surface area contributed by atoms with Crippen molar-refractivity contribution in [3.8, 4) is 5.75 Å². The summed E-state index contributed by atoms with van der Waals surface area (Å²) in [4.78, 5) is 24.2. The van der Waals surface area contributed by atoms with Crippen molar-refractivity contribution in [1.82, 2.24) is 10.6 Å². The van der Waals surface area contributed by atoms with Gasteiger partial charge in [-0.1, -0.05) is 42.5 Å². The van der Waals surface area contributed by atoms with E-state index in [1.54, 1.807) is 20.8 Å². The van der Waals surface area contributed by atoms with E-state index in [0.29, 0.717) is 13.0 Å². The molecular weight excluding hydrogens is 356 g/mol. The first-order valence-electron chi connectivity index (χ1n) is 9.23. The summed E-state index contributed by atoms with van der Waals surface area (Å²) in [5, 5.41) is 5.20. The Labute approximate surface area is 166 Å². The van der Waals surface area contributed by atoms with E-state index in [1.165, 1.54) is 7.05 Å². The summed E-state index contributed by atoms with van der Waals surface area (Å²) >= 11 is 0. The number of carbonyl (C=O) groups is 2. The molecule has 0 heterocycles. The first-order valence-corrected chi connectivity index (χ1v) is 9.23. The van der Waals surface area contributed by atoms with Crippen LogP contribution in [0.1, 0.15) is 31.9 Å². The van der Waals surface area contributed by atoms with Crippen LogP contribution < -0.4 is 15.4 Å². The number of likely N-dealkylation sites (N-methyl/N-ethyl adjacent to an activating group) is 1. The standard InChI is InChI=1S/C22H28N2O4/c1-22(2,3)28-21(26)24-19(20(25)23-4)14-16-10-12-18(13-11-16)27-15-17-8-6-5-7-9-17/h5-13,19H,14-15H2,1-4H3,(H,23,25)(H,24,26). The number of benzene rings is 2. The monoisotopic (exact) mass is 384 g/mol. The van der Waals surface area contributed by atoms with E-state index in [1.807, 2.05) is 54.6 Å². The summed E-state index contributed by atoms with van der Waals surface area (Å²) in [5.74, 6) is 0.458. The molecule has 0 aliphatic carbocycles. The lowest BCUT2D eigenvalue weighted by Crippen LogP contribution is -2.48. The Hall–Kier alpha value is -3.02. The second-order valence-corrected chi connectivity index (χ2v) is 7.44. The predicted octanol–water partition coefficient (Wildman–Crippen LogP) is 3.45. The number of carbonyl (C=O) groups excluding carboxylic acids is 2. The van der Waals surface area contributed by atoms with Crippen molar-refractivity contribution < 1.29 is 19.1 Å². The van der Waals surface area contributed by atoms with Crippen LogP contribution >= 0.6 is 0 Å². The molecule has 0 radical (unpaired) electrons. The Bertz CT molecular complexity index is 767. The maximum absolute atomic E-state index is 12.1. The lowest BCUT2D eigenvalue weighted by Gasteiger charge is -2.23. The smallest absolute Gasteiger partial charge is 0.408 e. The second-order valence-electron chi connectivity index (χ2n) is 7.44. The van der Waals surface area contributed by atoms with Gasteiger partial charge in [-0.3, -0.25) is 4.79 Å². The van der Waals surface area contributed by atoms with Gasteiger partial charge in [-0.15, -0.1) is 0 Å². The van der Waals surface area contributed by atoms with Crippen LogP contribution in [0.2, 0.25) is 0 Å². The van der Waals surface area contributed by atoms with E-state index in [9.17, 15) is 9.59 Å². The van der Waals surface area contributed by atoms with Crippen LogP contribution in [0.5, 0.6) is 5.75 Å². The molecule has 2 amide bonds. The van der Waals surface area contributed by atoms with E-state index in [-0.39, 0.29) is 5.91 Å². The van der Waals surface area contributed by atoms with Crippen LogP contribution in [0.25, 0.3) is 0 Å². The Morgan fingerprint density at radius 2 is 1.61 bits per heavy atom. The van der Waals surface area contributed by atoms with Gasteiger partial charge in [0, 0.05) is 13.5 Å². The van der Waals surface area contributed by atoms with Gasteiger partial charge >= 0.3 is 6.09 Å². The molecule has 2 aromatic carbocycles. The van der Waals surface area contributed by atoms with E-state index in [4.69, 9.17) is 9.47 Å². The SMILES string of the molecule is CNC(=O)C(Cc1ccc(OCc2ccccc2)cc1)NC(=O)OC(C)(C)C. The van der Waals surface area contributed by atoms with E-state index < -0.39 is 17.7 Å². The maximum Gasteiger partial charge on any atom is 0.408 e. The molecule has 1 atom stereocenters. The summed E-state index contributed by atoms with van der Waals surface area (Å²) < 4.78 is 11.0. The second kappa shape index (κ2) is 9.78. The van der Waals surface area contributed by atoms with E-state index >= 15 is 0 Å². The van der Waals surface area contributed by atoms with E-state index in [0.717, 1.165) is 16.9 Å². The number of rotatable bonds is 7. The number of amides is 2. The van der Waals surface area contributed by atoms with Gasteiger partial charge in [0.15, 0.2) is 0 Å². The third-order valence-corrected chi connectivity index (χ3v) is 3.87. The van der Waals surface area contributed by atoms with Gasteiger partial charge < -0.3 is 20.1 Å². The molecule has 2 rings (SSSR count). The minimum absolute atomic E-state index is 0.282. The van der Waals surface area contributed by atoms with Crippen molar-refractivity contribution in [3.05, 3.63) is 65.7 Å². The van der Waals surface area contributed by atoms with Crippen LogP contribution in [-0.4, -0.2) is 30.7 Å². The quantitative estimate of drug-likeness (QED) is 0.767. The topological polar surface area (TPSA) is 76.7 Å². The molecule has 0 aliphatic rings. The Morgan fingerprint density at radius 3 is 2.18 bits per heavy atom. The molecule has 0 spiro atoms. The summed E-state index contributed by atoms with van der Waals surface area (Å²) in [6.45, 7) is 5.81. The average Bonchev–Trinajstić information content (AvgIpc) is 2.65. The van der Waals surface area contributed by atoms with Crippen LogP contribution in [0.15, 0.2) is 54.6 Å². The van der Waals surface area contributed by atoms with Crippen molar-refractivity contribution in [2.24, 2.45) is 0 Å². The molecule has 0 saturated carbocycles. The molecule has 28 heavy (non-hydrogen) atoms. The van der Waals surface area contributed by atoms with Crippen molar-refractivity contribution in [2.75, 3.05) is 7.05 Å². The highest BCUT2D eigenvalue weighted by Crippen LogP contribution is 2.16. The molecular formula is C22H28N2O4. The van der Waals surface area contributed by atoms with Crippen LogP contribution in [0.4, 0.5) is 4.79 Å². The Morgan fingerprint density at radius 1 is 0.964 bits per heavy atom. The largest absolute Gasteiger partial charge is 0.489 e. The first kappa shape index (κ1) is 21.3. The van der Waals surface area contributed by atoms with Crippen molar-refractivity contribution in [3.63, 3.8) is 0 Å². The zero-order valence-corrected chi connectivity index (χ0v) is 16.8. The summed E-state index contributed by atoms with van der Waals surface area (Å²) in [5.41, 5.74) is 1.36. The molecule has 6 heteroatoms. The number of alkyl carbamates (subject to hydrolysis) is 1. The van der Waals surface area contributed by atoms with Gasteiger partial charge in [0.05, 0.1) is 0 Å². The fraction of sp³-hybridized carbons (Fsp3) is 0.364. The number of nitrogens with one attached hydrogen (secondary N) is 2. The summed E-state index contributed by atoms with van der Waals surface area (Å²) in [6.07, 6.45) is -0.276. The minimum atomic E-state index is -0.726. The van der Waals surface area contributed by atoms with Gasteiger partial charge in [-0.2, -0.15) is 0 Å². The third kappa shape index (κ3) is 7.31. The van der Waals surface area contributed by atoms with E-state index in [2.05, 4.69) is 10.6 Å². The van der Waals surface area contributed by atoms with Crippen molar-refractivity contribution in [1.29, 1.82) is 0 Å². The van der Waals surface area contributed by atoms with Crippen molar-refractivity contribution >= 4 is 12.0 Å². The first-order chi connectivity index (χ1) is 13.3. The zero-order valence-electron chi connectivity index (χ0n) is 16.8. The molecule has 1 unspecified atom stereocenters. The Balaban J connectivity index is 1.96. The summed E-state index contributed by atoms with van der Waals surface area (Å²) in [6, 6.07) is 16.7. The molecule has 6 nitrogen and oxygen atoms in total. The van der Waals surface area contributed by atoms with Crippen LogP contribution in [0.3, 0.4) is 0 Å². The van der Waals surface area contributed by atoms with Gasteiger partial charge in [-0.05, 0) is 44.0 Å². The Kier molecular flexibility index (Phi) is 7.44. The normalized spacial score (nSPS) is 12.0. The highest BCUT2D eigenvalue weighted by Gasteiger charge is 2.24. The predicted molar refractivity (Wildman–Crippen MR) is 108 cm³/mol. The van der Waals surface area contributed by atoms with Gasteiger partial charge in [0.1, 0.15) is 24.0 Å². The highest BCUT2D eigenvalue weighted by atomic mass is 16.6. The molecule has 0 saturated heterocycles. The molecule has 2 aromatic rings. The number of hydrogen-bond donors (Lipinski definition) is 2. The number of hydrogen-bond acceptors (Lipinski definition) is 4. The fourth-order valence-electron chi connectivity index (χ4n) is 2.53. The van der Waals surface area contributed by atoms with Gasteiger partial charge in [0.25, 0.3) is 0 Å². The number of ether oxygens (including phenoxy) is 2. The van der Waals surface area contributed by atoms with Crippen molar-refractivity contribution in [2.45, 2.75) is 45.4 Å². The lowest BCUT2D eigenvalue weighted by atomic mass is 10.1. The lowest BCUT2D eigenvalue weighted by molar-refractivity contribution is -0.122.